The molecule has 2 atom stereocenters. The smallest absolute Gasteiger partial charge is 0.408 e. The van der Waals surface area contributed by atoms with Crippen molar-refractivity contribution in [3.63, 3.8) is 0 Å². The first kappa shape index (κ1) is 18.5. The number of amides is 1. The summed E-state index contributed by atoms with van der Waals surface area (Å²) in [6.45, 7) is 0. The Balaban J connectivity index is 1.68. The molecule has 1 aliphatic rings. The molecule has 0 spiro atoms. The number of cyclic esters (lactones) is 1. The Morgan fingerprint density at radius 3 is 2.59 bits per heavy atom. The van der Waals surface area contributed by atoms with Crippen LogP contribution in [0.3, 0.4) is 0 Å². The van der Waals surface area contributed by atoms with Gasteiger partial charge in [-0.1, -0.05) is 24.1 Å². The molecule has 0 saturated carbocycles. The summed E-state index contributed by atoms with van der Waals surface area (Å²) in [5.74, 6) is 3.50. The highest BCUT2D eigenvalue weighted by atomic mass is 19.1. The highest BCUT2D eigenvalue weighted by Gasteiger charge is 2.38. The molecule has 2 aromatic heterocycles. The second-order valence-electron chi connectivity index (χ2n) is 6.20. The summed E-state index contributed by atoms with van der Waals surface area (Å²) in [5, 5.41) is 2.54. The number of nitrogens with one attached hydrogen (secondary N) is 1. The first-order valence-corrected chi connectivity index (χ1v) is 8.52. The van der Waals surface area contributed by atoms with Crippen molar-refractivity contribution in [2.24, 2.45) is 0 Å². The molecule has 1 fully saturated rings. The maximum absolute atomic E-state index is 14.4. The number of halogens is 3. The molecule has 1 aromatic carbocycles. The minimum absolute atomic E-state index is 0.0594. The topological polar surface area (TPSA) is 64.1 Å². The lowest BCUT2D eigenvalue weighted by Crippen LogP contribution is -2.21. The molecule has 8 heteroatoms. The average molecular weight is 395 g/mol. The molecule has 3 heterocycles. The van der Waals surface area contributed by atoms with Gasteiger partial charge in [-0.3, -0.25) is 0 Å². The predicted octanol–water partition coefficient (Wildman–Crippen LogP) is 3.82. The first-order chi connectivity index (χ1) is 14.0. The van der Waals surface area contributed by atoms with Crippen molar-refractivity contribution >= 4 is 6.09 Å². The van der Waals surface area contributed by atoms with Crippen molar-refractivity contribution in [2.45, 2.75) is 12.1 Å². The molecule has 0 bridgehead atoms. The van der Waals surface area contributed by atoms with Crippen LogP contribution in [0.25, 0.3) is 0 Å². The van der Waals surface area contributed by atoms with Gasteiger partial charge in [0.15, 0.2) is 6.10 Å². The second kappa shape index (κ2) is 7.64. The van der Waals surface area contributed by atoms with Gasteiger partial charge in [-0.15, -0.1) is 0 Å². The number of alkyl carbamates (subject to hydrolysis) is 1. The molecule has 0 radical (unpaired) electrons. The largest absolute Gasteiger partial charge is 0.439 e. The van der Waals surface area contributed by atoms with Crippen LogP contribution in [0.5, 0.6) is 0 Å². The normalized spacial score (nSPS) is 17.8. The minimum atomic E-state index is -0.880. The summed E-state index contributed by atoms with van der Waals surface area (Å²) >= 11 is 0. The Hall–Kier alpha value is -3.86. The quantitative estimate of drug-likeness (QED) is 0.529. The van der Waals surface area contributed by atoms with Gasteiger partial charge in [0, 0.05) is 17.3 Å². The number of hydrogen-bond acceptors (Lipinski definition) is 4. The van der Waals surface area contributed by atoms with Crippen LogP contribution in [0, 0.1) is 29.6 Å². The van der Waals surface area contributed by atoms with E-state index in [0.717, 1.165) is 0 Å². The van der Waals surface area contributed by atoms with E-state index in [1.807, 2.05) is 0 Å². The van der Waals surface area contributed by atoms with Crippen LogP contribution in [0.1, 0.15) is 34.5 Å². The van der Waals surface area contributed by atoms with Gasteiger partial charge >= 0.3 is 6.09 Å². The maximum atomic E-state index is 14.4. The molecule has 3 aromatic rings. The van der Waals surface area contributed by atoms with E-state index in [-0.39, 0.29) is 11.3 Å². The van der Waals surface area contributed by atoms with E-state index in [1.54, 1.807) is 0 Å². The predicted molar refractivity (Wildman–Crippen MR) is 95.9 cm³/mol. The lowest BCUT2D eigenvalue weighted by molar-refractivity contribution is 0.131. The van der Waals surface area contributed by atoms with Gasteiger partial charge in [0.05, 0.1) is 0 Å². The molecule has 29 heavy (non-hydrogen) atoms. The van der Waals surface area contributed by atoms with Crippen molar-refractivity contribution in [3.8, 4) is 11.8 Å². The molecule has 0 unspecified atom stereocenters. The molecule has 1 aliphatic heterocycles. The molecule has 144 valence electrons. The average Bonchev–Trinajstić information content (AvgIpc) is 3.09. The van der Waals surface area contributed by atoms with Gasteiger partial charge in [-0.2, -0.15) is 8.78 Å². The molecule has 0 aliphatic carbocycles. The summed E-state index contributed by atoms with van der Waals surface area (Å²) in [6.07, 6.45) is -0.382. The lowest BCUT2D eigenvalue weighted by Gasteiger charge is -2.18. The summed E-state index contributed by atoms with van der Waals surface area (Å²) in [5.41, 5.74) is 1.10. The summed E-state index contributed by atoms with van der Waals surface area (Å²) in [6, 6.07) is 10.1. The van der Waals surface area contributed by atoms with Gasteiger partial charge in [0.2, 0.25) is 11.9 Å². The van der Waals surface area contributed by atoms with Gasteiger partial charge in [-0.25, -0.2) is 19.2 Å². The molecule has 1 saturated heterocycles. The zero-order valence-corrected chi connectivity index (χ0v) is 14.7. The second-order valence-corrected chi connectivity index (χ2v) is 6.20. The number of pyridine rings is 2. The van der Waals surface area contributed by atoms with Crippen molar-refractivity contribution in [3.05, 3.63) is 94.8 Å². The Labute approximate surface area is 163 Å². The molecular formula is C21H12F3N3O2. The third-order valence-electron chi connectivity index (χ3n) is 4.26. The van der Waals surface area contributed by atoms with E-state index in [2.05, 4.69) is 27.1 Å². The lowest BCUT2D eigenvalue weighted by atomic mass is 9.96. The van der Waals surface area contributed by atoms with Gasteiger partial charge in [0.25, 0.3) is 0 Å². The zero-order valence-electron chi connectivity index (χ0n) is 14.7. The van der Waals surface area contributed by atoms with Crippen LogP contribution in [-0.2, 0) is 4.74 Å². The SMILES string of the molecule is O=C1N[C@H](c2cc(C#Cc3cccc(F)n3)cnc2F)[C@@H](c2ccc(F)cc2)O1. The standard InChI is InChI=1S/C21H12F3N3O2/c22-14-7-5-13(6-8-14)19-18(27-21(28)29-19)16-10-12(11-25-20(16)24)4-9-15-2-1-3-17(23)26-15/h1-3,5-8,10-11,18-19H,(H,27,28)/t18-,19-/m1/s1. The van der Waals surface area contributed by atoms with Crippen LogP contribution < -0.4 is 5.32 Å². The van der Waals surface area contributed by atoms with Gasteiger partial charge in [0.1, 0.15) is 17.6 Å². The molecular weight excluding hydrogens is 383 g/mol. The number of benzene rings is 1. The fourth-order valence-electron chi connectivity index (χ4n) is 2.94. The van der Waals surface area contributed by atoms with Gasteiger partial charge < -0.3 is 10.1 Å². The Morgan fingerprint density at radius 2 is 1.83 bits per heavy atom. The Morgan fingerprint density at radius 1 is 1.03 bits per heavy atom. The summed E-state index contributed by atoms with van der Waals surface area (Å²) in [7, 11) is 0. The summed E-state index contributed by atoms with van der Waals surface area (Å²) < 4.78 is 46.0. The van der Waals surface area contributed by atoms with Crippen molar-refractivity contribution in [2.75, 3.05) is 0 Å². The Bertz CT molecular complexity index is 1140. The number of hydrogen-bond donors (Lipinski definition) is 1. The van der Waals surface area contributed by atoms with E-state index in [0.29, 0.717) is 11.1 Å². The number of ether oxygens (including phenoxy) is 1. The van der Waals surface area contributed by atoms with Crippen LogP contribution in [0.2, 0.25) is 0 Å². The third-order valence-corrected chi connectivity index (χ3v) is 4.26. The minimum Gasteiger partial charge on any atom is -0.439 e. The van der Waals surface area contributed by atoms with Crippen molar-refractivity contribution in [1.29, 1.82) is 0 Å². The zero-order chi connectivity index (χ0) is 20.4. The molecule has 1 N–H and O–H groups in total. The van der Waals surface area contributed by atoms with E-state index in [1.165, 1.54) is 54.7 Å². The van der Waals surface area contributed by atoms with Crippen LogP contribution in [-0.4, -0.2) is 16.1 Å². The van der Waals surface area contributed by atoms with Crippen molar-refractivity contribution in [1.82, 2.24) is 15.3 Å². The molecule has 4 rings (SSSR count). The van der Waals surface area contributed by atoms with Crippen molar-refractivity contribution < 1.29 is 22.7 Å². The van der Waals surface area contributed by atoms with Gasteiger partial charge in [-0.05, 0) is 41.8 Å². The highest BCUT2D eigenvalue weighted by Crippen LogP contribution is 2.37. The van der Waals surface area contributed by atoms with Crippen LogP contribution in [0.4, 0.5) is 18.0 Å². The van der Waals surface area contributed by atoms with E-state index in [9.17, 15) is 18.0 Å². The van der Waals surface area contributed by atoms with E-state index in [4.69, 9.17) is 4.74 Å². The van der Waals surface area contributed by atoms with E-state index >= 15 is 0 Å². The number of nitrogens with zero attached hydrogens (tertiary/aromatic N) is 2. The number of rotatable bonds is 2. The first-order valence-electron chi connectivity index (χ1n) is 8.52. The number of carbonyl (C=O) groups is 1. The molecule has 1 amide bonds. The molecule has 5 nitrogen and oxygen atoms in total. The van der Waals surface area contributed by atoms with E-state index < -0.39 is 36.0 Å². The number of aromatic nitrogens is 2. The fourth-order valence-corrected chi connectivity index (χ4v) is 2.94. The maximum Gasteiger partial charge on any atom is 0.408 e. The highest BCUT2D eigenvalue weighted by molar-refractivity contribution is 5.71. The summed E-state index contributed by atoms with van der Waals surface area (Å²) in [4.78, 5) is 19.1. The Kier molecular flexibility index (Phi) is 4.87. The van der Waals surface area contributed by atoms with Crippen LogP contribution >= 0.6 is 0 Å². The monoisotopic (exact) mass is 395 g/mol. The fraction of sp³-hybridized carbons (Fsp3) is 0.0952. The third kappa shape index (κ3) is 4.04. The number of carbonyl (C=O) groups excluding carboxylic acids is 1. The van der Waals surface area contributed by atoms with Crippen LogP contribution in [0.15, 0.2) is 54.7 Å².